The highest BCUT2D eigenvalue weighted by atomic mass is 32.2. The van der Waals surface area contributed by atoms with Crippen LogP contribution in [0.25, 0.3) is 0 Å². The normalized spacial score (nSPS) is 11.2. The standard InChI is InChI=1S/C25H28N2O3S/c1-20-13-15-24(16-14-20)31(29,30)27(23-11-4-3-5-12-23)19-25(28)26-17-7-10-22-9-6-8-21(2)18-22/h3-6,8-9,11-16,18H,7,10,17,19H2,1-2H3,(H,26,28). The van der Waals surface area contributed by atoms with E-state index < -0.39 is 10.0 Å². The highest BCUT2D eigenvalue weighted by Gasteiger charge is 2.26. The van der Waals surface area contributed by atoms with Crippen LogP contribution in [-0.4, -0.2) is 27.4 Å². The molecule has 0 radical (unpaired) electrons. The first-order chi connectivity index (χ1) is 14.9. The number of sulfonamides is 1. The maximum Gasteiger partial charge on any atom is 0.264 e. The highest BCUT2D eigenvalue weighted by Crippen LogP contribution is 2.23. The molecular weight excluding hydrogens is 408 g/mol. The van der Waals surface area contributed by atoms with E-state index in [-0.39, 0.29) is 17.3 Å². The van der Waals surface area contributed by atoms with Gasteiger partial charge in [-0.2, -0.15) is 0 Å². The molecule has 3 rings (SSSR count). The molecular formula is C25H28N2O3S. The van der Waals surface area contributed by atoms with Crippen LogP contribution in [0.15, 0.2) is 83.8 Å². The number of nitrogens with one attached hydrogen (secondary N) is 1. The third-order valence-electron chi connectivity index (χ3n) is 4.99. The van der Waals surface area contributed by atoms with E-state index in [0.29, 0.717) is 12.2 Å². The van der Waals surface area contributed by atoms with Crippen molar-refractivity contribution < 1.29 is 13.2 Å². The summed E-state index contributed by atoms with van der Waals surface area (Å²) in [5, 5.41) is 2.86. The third kappa shape index (κ3) is 6.18. The molecule has 0 atom stereocenters. The number of hydrogen-bond acceptors (Lipinski definition) is 3. The van der Waals surface area contributed by atoms with Crippen molar-refractivity contribution in [2.45, 2.75) is 31.6 Å². The smallest absolute Gasteiger partial charge is 0.264 e. The van der Waals surface area contributed by atoms with Crippen LogP contribution in [0.3, 0.4) is 0 Å². The molecule has 1 N–H and O–H groups in total. The largest absolute Gasteiger partial charge is 0.355 e. The molecule has 31 heavy (non-hydrogen) atoms. The summed E-state index contributed by atoms with van der Waals surface area (Å²) in [5.74, 6) is -0.330. The Balaban J connectivity index is 1.67. The van der Waals surface area contributed by atoms with E-state index >= 15 is 0 Å². The van der Waals surface area contributed by atoms with Gasteiger partial charge in [0, 0.05) is 6.54 Å². The van der Waals surface area contributed by atoms with Gasteiger partial charge in [0.1, 0.15) is 6.54 Å². The molecule has 0 saturated carbocycles. The van der Waals surface area contributed by atoms with Gasteiger partial charge in [0.2, 0.25) is 5.91 Å². The molecule has 0 unspecified atom stereocenters. The van der Waals surface area contributed by atoms with E-state index in [9.17, 15) is 13.2 Å². The van der Waals surface area contributed by atoms with Crippen molar-refractivity contribution in [2.75, 3.05) is 17.4 Å². The summed E-state index contributed by atoms with van der Waals surface area (Å²) in [5.41, 5.74) is 3.86. The Morgan fingerprint density at radius 3 is 2.26 bits per heavy atom. The Morgan fingerprint density at radius 2 is 1.58 bits per heavy atom. The minimum atomic E-state index is -3.87. The van der Waals surface area contributed by atoms with E-state index in [1.807, 2.05) is 19.1 Å². The fourth-order valence-corrected chi connectivity index (χ4v) is 4.74. The minimum Gasteiger partial charge on any atom is -0.355 e. The lowest BCUT2D eigenvalue weighted by atomic mass is 10.1. The van der Waals surface area contributed by atoms with Gasteiger partial charge in [-0.1, -0.05) is 65.7 Å². The van der Waals surface area contributed by atoms with Crippen LogP contribution in [0.1, 0.15) is 23.1 Å². The predicted molar refractivity (Wildman–Crippen MR) is 125 cm³/mol. The molecule has 0 bridgehead atoms. The van der Waals surface area contributed by atoms with Gasteiger partial charge in [-0.05, 0) is 56.5 Å². The molecule has 0 aliphatic rings. The average Bonchev–Trinajstić information content (AvgIpc) is 2.76. The summed E-state index contributed by atoms with van der Waals surface area (Å²) in [7, 11) is -3.87. The second-order valence-corrected chi connectivity index (χ2v) is 9.47. The van der Waals surface area contributed by atoms with Gasteiger partial charge in [0.15, 0.2) is 0 Å². The minimum absolute atomic E-state index is 0.161. The van der Waals surface area contributed by atoms with E-state index in [1.165, 1.54) is 11.1 Å². The first-order valence-electron chi connectivity index (χ1n) is 10.3. The first kappa shape index (κ1) is 22.6. The van der Waals surface area contributed by atoms with Gasteiger partial charge in [-0.25, -0.2) is 8.42 Å². The Labute approximate surface area is 184 Å². The number of carbonyl (C=O) groups is 1. The number of benzene rings is 3. The lowest BCUT2D eigenvalue weighted by molar-refractivity contribution is -0.119. The number of anilines is 1. The van der Waals surface area contributed by atoms with Crippen LogP contribution >= 0.6 is 0 Å². The van der Waals surface area contributed by atoms with Crippen molar-refractivity contribution in [2.24, 2.45) is 0 Å². The van der Waals surface area contributed by atoms with Crippen molar-refractivity contribution in [3.63, 3.8) is 0 Å². The fraction of sp³-hybridized carbons (Fsp3) is 0.240. The molecule has 1 amide bonds. The van der Waals surface area contributed by atoms with Crippen molar-refractivity contribution in [1.82, 2.24) is 5.32 Å². The van der Waals surface area contributed by atoms with Crippen molar-refractivity contribution >= 4 is 21.6 Å². The molecule has 0 aliphatic carbocycles. The van der Waals surface area contributed by atoms with Crippen LogP contribution in [0.4, 0.5) is 5.69 Å². The van der Waals surface area contributed by atoms with Crippen molar-refractivity contribution in [3.8, 4) is 0 Å². The van der Waals surface area contributed by atoms with Crippen LogP contribution in [-0.2, 0) is 21.2 Å². The third-order valence-corrected chi connectivity index (χ3v) is 6.78. The Bertz CT molecular complexity index is 1110. The number of carbonyl (C=O) groups excluding carboxylic acids is 1. The summed E-state index contributed by atoms with van der Waals surface area (Å²) in [4.78, 5) is 12.8. The van der Waals surface area contributed by atoms with Crippen molar-refractivity contribution in [1.29, 1.82) is 0 Å². The second-order valence-electron chi connectivity index (χ2n) is 7.60. The van der Waals surface area contributed by atoms with E-state index in [4.69, 9.17) is 0 Å². The molecule has 6 heteroatoms. The lowest BCUT2D eigenvalue weighted by Gasteiger charge is -2.24. The van der Waals surface area contributed by atoms with Gasteiger partial charge in [0.05, 0.1) is 10.6 Å². The maximum absolute atomic E-state index is 13.3. The fourth-order valence-electron chi connectivity index (χ4n) is 3.32. The second kappa shape index (κ2) is 10.3. The van der Waals surface area contributed by atoms with Gasteiger partial charge >= 0.3 is 0 Å². The van der Waals surface area contributed by atoms with Crippen LogP contribution < -0.4 is 9.62 Å². The summed E-state index contributed by atoms with van der Waals surface area (Å²) < 4.78 is 27.7. The van der Waals surface area contributed by atoms with Crippen LogP contribution in [0, 0.1) is 13.8 Å². The topological polar surface area (TPSA) is 66.5 Å². The molecule has 3 aromatic rings. The molecule has 0 spiro atoms. The molecule has 0 heterocycles. The Hall–Kier alpha value is -3.12. The quantitative estimate of drug-likeness (QED) is 0.510. The monoisotopic (exact) mass is 436 g/mol. The zero-order chi connectivity index (χ0) is 22.3. The van der Waals surface area contributed by atoms with E-state index in [1.54, 1.807) is 48.5 Å². The Kier molecular flexibility index (Phi) is 7.47. The lowest BCUT2D eigenvalue weighted by Crippen LogP contribution is -2.41. The van der Waals surface area contributed by atoms with Crippen molar-refractivity contribution in [3.05, 3.63) is 95.6 Å². The number of hydrogen-bond donors (Lipinski definition) is 1. The number of aryl methyl sites for hydroxylation is 3. The Morgan fingerprint density at radius 1 is 0.871 bits per heavy atom. The summed E-state index contributed by atoms with van der Waals surface area (Å²) in [6.45, 7) is 4.16. The highest BCUT2D eigenvalue weighted by molar-refractivity contribution is 7.92. The first-order valence-corrected chi connectivity index (χ1v) is 11.8. The molecule has 0 aliphatic heterocycles. The van der Waals surface area contributed by atoms with E-state index in [0.717, 1.165) is 22.7 Å². The zero-order valence-electron chi connectivity index (χ0n) is 17.9. The van der Waals surface area contributed by atoms with Gasteiger partial charge in [-0.15, -0.1) is 0 Å². The average molecular weight is 437 g/mol. The molecule has 0 fully saturated rings. The maximum atomic E-state index is 13.3. The molecule has 3 aromatic carbocycles. The SMILES string of the molecule is Cc1ccc(S(=O)(=O)N(CC(=O)NCCCc2cccc(C)c2)c2ccccc2)cc1. The van der Waals surface area contributed by atoms with E-state index in [2.05, 4.69) is 30.4 Å². The number of para-hydroxylation sites is 1. The molecule has 0 aromatic heterocycles. The number of rotatable bonds is 9. The summed E-state index contributed by atoms with van der Waals surface area (Å²) in [6.07, 6.45) is 1.64. The summed E-state index contributed by atoms with van der Waals surface area (Å²) in [6, 6.07) is 23.6. The predicted octanol–water partition coefficient (Wildman–Crippen LogP) is 4.25. The van der Waals surface area contributed by atoms with Crippen LogP contribution in [0.2, 0.25) is 0 Å². The zero-order valence-corrected chi connectivity index (χ0v) is 18.7. The molecule has 5 nitrogen and oxygen atoms in total. The van der Waals surface area contributed by atoms with Gasteiger partial charge in [-0.3, -0.25) is 9.10 Å². The number of amides is 1. The summed E-state index contributed by atoms with van der Waals surface area (Å²) >= 11 is 0. The number of nitrogens with zero attached hydrogens (tertiary/aromatic N) is 1. The van der Waals surface area contributed by atoms with Gasteiger partial charge < -0.3 is 5.32 Å². The van der Waals surface area contributed by atoms with Crippen LogP contribution in [0.5, 0.6) is 0 Å². The molecule has 0 saturated heterocycles. The van der Waals surface area contributed by atoms with Gasteiger partial charge in [0.25, 0.3) is 10.0 Å². The molecule has 162 valence electrons.